The number of fused-ring (bicyclic) bond motifs is 2. The van der Waals surface area contributed by atoms with Crippen LogP contribution in [0.3, 0.4) is 0 Å². The van der Waals surface area contributed by atoms with E-state index in [9.17, 15) is 9.59 Å². The lowest BCUT2D eigenvalue weighted by atomic mass is 10.1. The molecule has 140 valence electrons. The number of Topliss-reactive ketones (excluding diaryl/α,β-unsaturated/α-hetero) is 1. The van der Waals surface area contributed by atoms with Crippen LogP contribution in [0.1, 0.15) is 32.7 Å². The molecule has 0 N–H and O–H groups in total. The molecule has 28 heavy (non-hydrogen) atoms. The quantitative estimate of drug-likeness (QED) is 0.487. The lowest BCUT2D eigenvalue weighted by molar-refractivity contribution is 0.0475. The zero-order chi connectivity index (χ0) is 19.5. The van der Waals surface area contributed by atoms with Gasteiger partial charge in [-0.3, -0.25) is 4.79 Å². The number of carbonyl (C=O) groups excluding carboxylic acids is 2. The molecule has 0 saturated carbocycles. The summed E-state index contributed by atoms with van der Waals surface area (Å²) in [6.45, 7) is 0.780. The molecule has 0 unspecified atom stereocenters. The number of esters is 1. The third-order valence-electron chi connectivity index (χ3n) is 4.81. The van der Waals surface area contributed by atoms with Gasteiger partial charge < -0.3 is 14.0 Å². The summed E-state index contributed by atoms with van der Waals surface area (Å²) < 4.78 is 12.6. The molecular formula is C22H18N2O4. The van der Waals surface area contributed by atoms with E-state index in [1.54, 1.807) is 24.4 Å². The number of ketones is 1. The van der Waals surface area contributed by atoms with E-state index in [1.165, 1.54) is 0 Å². The molecule has 2 aromatic carbocycles. The molecule has 0 spiro atoms. The third-order valence-corrected chi connectivity index (χ3v) is 4.81. The van der Waals surface area contributed by atoms with Gasteiger partial charge in [0.05, 0.1) is 24.7 Å². The largest absolute Gasteiger partial charge is 0.493 e. The molecule has 4 rings (SSSR count). The van der Waals surface area contributed by atoms with Crippen LogP contribution < -0.4 is 4.74 Å². The summed E-state index contributed by atoms with van der Waals surface area (Å²) in [5, 5.41) is 9.62. The smallest absolute Gasteiger partial charge is 0.338 e. The maximum atomic E-state index is 12.7. The van der Waals surface area contributed by atoms with Crippen LogP contribution in [0.2, 0.25) is 0 Å². The molecule has 2 heterocycles. The second-order valence-corrected chi connectivity index (χ2v) is 6.58. The topological polar surface area (TPSA) is 81.3 Å². The minimum Gasteiger partial charge on any atom is -0.493 e. The second kappa shape index (κ2) is 7.57. The number of benzene rings is 2. The Hall–Kier alpha value is -3.59. The van der Waals surface area contributed by atoms with Crippen molar-refractivity contribution >= 4 is 22.7 Å². The number of carbonyl (C=O) groups is 2. The number of para-hydroxylation sites is 1. The van der Waals surface area contributed by atoms with Crippen molar-refractivity contribution in [1.29, 1.82) is 5.26 Å². The van der Waals surface area contributed by atoms with Crippen molar-refractivity contribution in [3.05, 3.63) is 65.4 Å². The molecule has 1 aliphatic heterocycles. The van der Waals surface area contributed by atoms with Crippen molar-refractivity contribution in [3.8, 4) is 11.8 Å². The molecule has 0 aliphatic carbocycles. The summed E-state index contributed by atoms with van der Waals surface area (Å²) in [7, 11) is 0. The van der Waals surface area contributed by atoms with Gasteiger partial charge in [-0.05, 0) is 29.8 Å². The van der Waals surface area contributed by atoms with Gasteiger partial charge in [0, 0.05) is 35.6 Å². The molecule has 0 amide bonds. The number of hydrogen-bond donors (Lipinski definition) is 0. The lowest BCUT2D eigenvalue weighted by Gasteiger charge is -2.05. The van der Waals surface area contributed by atoms with Crippen LogP contribution in [-0.2, 0) is 17.7 Å². The van der Waals surface area contributed by atoms with Crippen LogP contribution >= 0.6 is 0 Å². The molecule has 0 fully saturated rings. The Morgan fingerprint density at radius 1 is 1.21 bits per heavy atom. The van der Waals surface area contributed by atoms with Crippen LogP contribution in [0.25, 0.3) is 10.9 Å². The van der Waals surface area contributed by atoms with Crippen molar-refractivity contribution in [2.45, 2.75) is 19.4 Å². The minimum absolute atomic E-state index is 0.273. The fourth-order valence-electron chi connectivity index (χ4n) is 3.43. The van der Waals surface area contributed by atoms with Crippen molar-refractivity contribution in [2.24, 2.45) is 0 Å². The average molecular weight is 374 g/mol. The molecule has 1 aromatic heterocycles. The normalized spacial score (nSPS) is 12.2. The molecule has 6 heteroatoms. The van der Waals surface area contributed by atoms with Gasteiger partial charge >= 0.3 is 5.97 Å². The number of nitriles is 1. The highest BCUT2D eigenvalue weighted by Crippen LogP contribution is 2.26. The summed E-state index contributed by atoms with van der Waals surface area (Å²) in [5.74, 6) is -0.0150. The second-order valence-electron chi connectivity index (χ2n) is 6.58. The first-order chi connectivity index (χ1) is 13.7. The summed E-state index contributed by atoms with van der Waals surface area (Å²) >= 11 is 0. The molecule has 6 nitrogen and oxygen atoms in total. The van der Waals surface area contributed by atoms with E-state index in [-0.39, 0.29) is 12.4 Å². The highest BCUT2D eigenvalue weighted by atomic mass is 16.5. The summed E-state index contributed by atoms with van der Waals surface area (Å²) in [4.78, 5) is 25.0. The number of aryl methyl sites for hydroxylation is 1. The SMILES string of the molecule is N#CCCn1cc(C(=O)COC(=O)c2ccc3c(c2)CCO3)c2ccccc21. The molecular weight excluding hydrogens is 356 g/mol. The molecule has 0 bridgehead atoms. The standard InChI is InChI=1S/C22H18N2O4/c23-9-3-10-24-13-18(17-4-1-2-5-19(17)24)20(25)14-28-22(26)16-6-7-21-15(12-16)8-11-27-21/h1-2,4-7,12-13H,3,8,10-11,14H2. The Morgan fingerprint density at radius 2 is 2.07 bits per heavy atom. The molecule has 0 saturated heterocycles. The maximum Gasteiger partial charge on any atom is 0.338 e. The van der Waals surface area contributed by atoms with Crippen molar-refractivity contribution < 1.29 is 19.1 Å². The van der Waals surface area contributed by atoms with Gasteiger partial charge in [-0.25, -0.2) is 4.79 Å². The molecule has 0 atom stereocenters. The highest BCUT2D eigenvalue weighted by Gasteiger charge is 2.19. The Bertz CT molecular complexity index is 1110. The number of nitrogens with zero attached hydrogens (tertiary/aromatic N) is 2. The van der Waals surface area contributed by atoms with Crippen LogP contribution in [-0.4, -0.2) is 29.5 Å². The maximum absolute atomic E-state index is 12.7. The van der Waals surface area contributed by atoms with Gasteiger partial charge in [0.2, 0.25) is 5.78 Å². The van der Waals surface area contributed by atoms with Crippen molar-refractivity contribution in [1.82, 2.24) is 4.57 Å². The van der Waals surface area contributed by atoms with Gasteiger partial charge in [0.1, 0.15) is 5.75 Å². The summed E-state index contributed by atoms with van der Waals surface area (Å²) in [5.41, 5.74) is 2.75. The van der Waals surface area contributed by atoms with Gasteiger partial charge in [0.25, 0.3) is 0 Å². The van der Waals surface area contributed by atoms with Crippen LogP contribution in [0.5, 0.6) is 5.75 Å². The Labute approximate surface area is 161 Å². The van der Waals surface area contributed by atoms with E-state index < -0.39 is 5.97 Å². The molecule has 0 radical (unpaired) electrons. The fraction of sp³-hybridized carbons (Fsp3) is 0.227. The Balaban J connectivity index is 1.49. The average Bonchev–Trinajstić information content (AvgIpc) is 3.34. The number of hydrogen-bond acceptors (Lipinski definition) is 5. The Morgan fingerprint density at radius 3 is 2.93 bits per heavy atom. The van der Waals surface area contributed by atoms with Crippen LogP contribution in [0.4, 0.5) is 0 Å². The van der Waals surface area contributed by atoms with Crippen LogP contribution in [0.15, 0.2) is 48.7 Å². The zero-order valence-electron chi connectivity index (χ0n) is 15.2. The van der Waals surface area contributed by atoms with E-state index in [0.717, 1.165) is 28.6 Å². The third kappa shape index (κ3) is 3.35. The van der Waals surface area contributed by atoms with E-state index in [2.05, 4.69) is 6.07 Å². The summed E-state index contributed by atoms with van der Waals surface area (Å²) in [6, 6.07) is 14.8. The van der Waals surface area contributed by atoms with Gasteiger partial charge in [0.15, 0.2) is 6.61 Å². The number of ether oxygens (including phenoxy) is 2. The molecule has 1 aliphatic rings. The van der Waals surface area contributed by atoms with E-state index in [0.29, 0.717) is 30.7 Å². The predicted octanol–water partition coefficient (Wildman–Crippen LogP) is 3.53. The first-order valence-electron chi connectivity index (χ1n) is 9.08. The van der Waals surface area contributed by atoms with Crippen molar-refractivity contribution in [3.63, 3.8) is 0 Å². The van der Waals surface area contributed by atoms with Crippen LogP contribution in [0, 0.1) is 11.3 Å². The monoisotopic (exact) mass is 374 g/mol. The van der Waals surface area contributed by atoms with E-state index in [4.69, 9.17) is 14.7 Å². The predicted molar refractivity (Wildman–Crippen MR) is 102 cm³/mol. The van der Waals surface area contributed by atoms with Crippen molar-refractivity contribution in [2.75, 3.05) is 13.2 Å². The Kier molecular flexibility index (Phi) is 4.81. The van der Waals surface area contributed by atoms with Gasteiger partial charge in [-0.2, -0.15) is 5.26 Å². The van der Waals surface area contributed by atoms with E-state index >= 15 is 0 Å². The first-order valence-corrected chi connectivity index (χ1v) is 9.08. The minimum atomic E-state index is -0.531. The van der Waals surface area contributed by atoms with E-state index in [1.807, 2.05) is 28.8 Å². The first kappa shape index (κ1) is 17.8. The highest BCUT2D eigenvalue weighted by molar-refractivity contribution is 6.09. The van der Waals surface area contributed by atoms with Gasteiger partial charge in [-0.1, -0.05) is 18.2 Å². The van der Waals surface area contributed by atoms with Gasteiger partial charge in [-0.15, -0.1) is 0 Å². The fourth-order valence-corrected chi connectivity index (χ4v) is 3.43. The molecule has 3 aromatic rings. The summed E-state index contributed by atoms with van der Waals surface area (Å²) in [6.07, 6.45) is 2.84. The number of aromatic nitrogens is 1. The lowest BCUT2D eigenvalue weighted by Crippen LogP contribution is -2.14. The number of rotatable bonds is 6. The zero-order valence-corrected chi connectivity index (χ0v) is 15.2.